The highest BCUT2D eigenvalue weighted by molar-refractivity contribution is 7.89. The predicted molar refractivity (Wildman–Crippen MR) is 107 cm³/mol. The first-order valence-electron chi connectivity index (χ1n) is 9.28. The summed E-state index contributed by atoms with van der Waals surface area (Å²) in [5, 5.41) is 0. The van der Waals surface area contributed by atoms with E-state index in [2.05, 4.69) is 4.98 Å². The first-order chi connectivity index (χ1) is 12.8. The van der Waals surface area contributed by atoms with E-state index >= 15 is 0 Å². The topological polar surface area (TPSA) is 73.5 Å². The Morgan fingerprint density at radius 1 is 1.07 bits per heavy atom. The number of nitrogens with zero attached hydrogens (tertiary/aromatic N) is 2. The summed E-state index contributed by atoms with van der Waals surface area (Å²) in [5.74, 6) is 0.204. The second-order valence-corrected chi connectivity index (χ2v) is 9.23. The number of hydrogen-bond acceptors (Lipinski definition) is 4. The zero-order valence-corrected chi connectivity index (χ0v) is 16.8. The van der Waals surface area contributed by atoms with Crippen LogP contribution < -0.4 is 0 Å². The third kappa shape index (κ3) is 5.06. The Kier molecular flexibility index (Phi) is 6.14. The van der Waals surface area contributed by atoms with Gasteiger partial charge in [0.1, 0.15) is 0 Å². The monoisotopic (exact) mass is 389 g/mol. The molecule has 0 bridgehead atoms. The number of rotatable bonds is 7. The van der Waals surface area contributed by atoms with Crippen LogP contribution in [0.4, 0.5) is 0 Å². The number of carbonyl (C=O) groups is 1. The maximum Gasteiger partial charge on any atom is 0.214 e. The summed E-state index contributed by atoms with van der Waals surface area (Å²) in [6.07, 6.45) is 0.522. The summed E-state index contributed by atoms with van der Waals surface area (Å²) in [6.45, 7) is 6.21. The Hall–Kier alpha value is -1.96. The highest BCUT2D eigenvalue weighted by Crippen LogP contribution is 2.14. The molecule has 0 radical (unpaired) electrons. The summed E-state index contributed by atoms with van der Waals surface area (Å²) in [5.41, 5.74) is 3.62. The number of aromatic amines is 1. The van der Waals surface area contributed by atoms with Gasteiger partial charge in [0.25, 0.3) is 0 Å². The minimum Gasteiger partial charge on any atom is -0.362 e. The molecule has 7 heteroatoms. The van der Waals surface area contributed by atoms with E-state index in [4.69, 9.17) is 0 Å². The van der Waals surface area contributed by atoms with Gasteiger partial charge in [-0.2, -0.15) is 4.31 Å². The molecule has 1 aromatic heterocycles. The molecule has 2 heterocycles. The zero-order valence-electron chi connectivity index (χ0n) is 15.9. The molecule has 1 N–H and O–H groups in total. The fraction of sp³-hybridized carbons (Fsp3) is 0.450. The molecule has 0 spiro atoms. The first-order valence-corrected chi connectivity index (χ1v) is 10.9. The maximum atomic E-state index is 12.6. The van der Waals surface area contributed by atoms with Crippen LogP contribution in [-0.4, -0.2) is 66.9 Å². The van der Waals surface area contributed by atoms with Gasteiger partial charge in [-0.25, -0.2) is 8.42 Å². The molecule has 0 amide bonds. The van der Waals surface area contributed by atoms with Crippen molar-refractivity contribution in [1.82, 2.24) is 14.2 Å². The van der Waals surface area contributed by atoms with Crippen LogP contribution in [0.3, 0.4) is 0 Å². The summed E-state index contributed by atoms with van der Waals surface area (Å²) in [4.78, 5) is 17.7. The Morgan fingerprint density at radius 2 is 1.74 bits per heavy atom. The number of piperazine rings is 1. The van der Waals surface area contributed by atoms with Gasteiger partial charge in [0.05, 0.1) is 12.3 Å². The lowest BCUT2D eigenvalue weighted by molar-refractivity contribution is 0.0901. The standard InChI is InChI=1S/C20H27N3O3S/c1-16-14-19(17(2)21-16)20(24)15-22-9-11-23(12-10-22)27(25,26)13-8-18-6-4-3-5-7-18/h3-7,14,21H,8-13,15H2,1-2H3. The van der Waals surface area contributed by atoms with Crippen molar-refractivity contribution in [1.29, 1.82) is 0 Å². The van der Waals surface area contributed by atoms with E-state index in [0.29, 0.717) is 39.1 Å². The van der Waals surface area contributed by atoms with Crippen LogP contribution in [0.25, 0.3) is 0 Å². The first kappa shape index (κ1) is 19.8. The molecule has 0 atom stereocenters. The molecule has 27 heavy (non-hydrogen) atoms. The van der Waals surface area contributed by atoms with E-state index in [0.717, 1.165) is 22.5 Å². The molecule has 2 aromatic rings. The van der Waals surface area contributed by atoms with E-state index in [1.807, 2.05) is 55.1 Å². The summed E-state index contributed by atoms with van der Waals surface area (Å²) >= 11 is 0. The number of carbonyl (C=O) groups excluding carboxylic acids is 1. The maximum absolute atomic E-state index is 12.6. The number of ketones is 1. The van der Waals surface area contributed by atoms with Crippen LogP contribution in [0.15, 0.2) is 36.4 Å². The number of Topliss-reactive ketones (excluding diaryl/α,β-unsaturated/α-hetero) is 1. The Labute approximate surface area is 161 Å². The molecular weight excluding hydrogens is 362 g/mol. The second-order valence-electron chi connectivity index (χ2n) is 7.14. The van der Waals surface area contributed by atoms with E-state index in [1.165, 1.54) is 0 Å². The number of nitrogens with one attached hydrogen (secondary N) is 1. The largest absolute Gasteiger partial charge is 0.362 e. The lowest BCUT2D eigenvalue weighted by Crippen LogP contribution is -2.50. The molecule has 1 aliphatic rings. The van der Waals surface area contributed by atoms with Crippen molar-refractivity contribution in [3.63, 3.8) is 0 Å². The number of benzene rings is 1. The second kappa shape index (κ2) is 8.37. The molecule has 0 unspecified atom stereocenters. The van der Waals surface area contributed by atoms with E-state index in [1.54, 1.807) is 4.31 Å². The fourth-order valence-electron chi connectivity index (χ4n) is 3.49. The summed E-state index contributed by atoms with van der Waals surface area (Å²) in [6, 6.07) is 11.5. The highest BCUT2D eigenvalue weighted by atomic mass is 32.2. The Balaban J connectivity index is 1.50. The fourth-order valence-corrected chi connectivity index (χ4v) is 4.96. The minimum atomic E-state index is -3.27. The van der Waals surface area contributed by atoms with E-state index in [9.17, 15) is 13.2 Å². The van der Waals surface area contributed by atoms with Crippen molar-refractivity contribution >= 4 is 15.8 Å². The Bertz CT molecular complexity index is 882. The predicted octanol–water partition coefficient (Wildman–Crippen LogP) is 2.00. The molecule has 1 saturated heterocycles. The van der Waals surface area contributed by atoms with Gasteiger partial charge in [-0.05, 0) is 31.9 Å². The van der Waals surface area contributed by atoms with Gasteiger partial charge in [0.2, 0.25) is 10.0 Å². The number of aromatic nitrogens is 1. The molecule has 3 rings (SSSR count). The summed E-state index contributed by atoms with van der Waals surface area (Å²) < 4.78 is 26.7. The molecule has 146 valence electrons. The molecule has 6 nitrogen and oxygen atoms in total. The zero-order chi connectivity index (χ0) is 19.4. The van der Waals surface area contributed by atoms with E-state index < -0.39 is 10.0 Å². The van der Waals surface area contributed by atoms with Crippen molar-refractivity contribution in [2.75, 3.05) is 38.5 Å². The smallest absolute Gasteiger partial charge is 0.214 e. The lowest BCUT2D eigenvalue weighted by Gasteiger charge is -2.33. The van der Waals surface area contributed by atoms with Crippen molar-refractivity contribution in [2.45, 2.75) is 20.3 Å². The molecule has 0 saturated carbocycles. The van der Waals surface area contributed by atoms with Gasteiger partial charge in [0.15, 0.2) is 5.78 Å². The molecular formula is C20H27N3O3S. The van der Waals surface area contributed by atoms with Crippen molar-refractivity contribution in [2.24, 2.45) is 0 Å². The quantitative estimate of drug-likeness (QED) is 0.735. The van der Waals surface area contributed by atoms with Gasteiger partial charge in [-0.1, -0.05) is 30.3 Å². The number of sulfonamides is 1. The highest BCUT2D eigenvalue weighted by Gasteiger charge is 2.27. The van der Waals surface area contributed by atoms with E-state index in [-0.39, 0.29) is 11.5 Å². The van der Waals surface area contributed by atoms with Gasteiger partial charge in [-0.3, -0.25) is 9.69 Å². The number of aryl methyl sites for hydroxylation is 3. The summed E-state index contributed by atoms with van der Waals surface area (Å²) in [7, 11) is -3.27. The van der Waals surface area contributed by atoms with Gasteiger partial charge in [0, 0.05) is 43.1 Å². The third-order valence-corrected chi connectivity index (χ3v) is 6.91. The minimum absolute atomic E-state index is 0.0808. The van der Waals surface area contributed by atoms with Gasteiger partial charge >= 0.3 is 0 Å². The molecule has 1 aromatic carbocycles. The van der Waals surface area contributed by atoms with Crippen molar-refractivity contribution in [3.05, 3.63) is 58.9 Å². The van der Waals surface area contributed by atoms with Crippen LogP contribution in [0.1, 0.15) is 27.3 Å². The lowest BCUT2D eigenvalue weighted by atomic mass is 10.1. The van der Waals surface area contributed by atoms with Crippen LogP contribution in [0.5, 0.6) is 0 Å². The number of hydrogen-bond donors (Lipinski definition) is 1. The SMILES string of the molecule is Cc1cc(C(=O)CN2CCN(S(=O)(=O)CCc3ccccc3)CC2)c(C)[nH]1. The average Bonchev–Trinajstić information content (AvgIpc) is 3.00. The van der Waals surface area contributed by atoms with Crippen molar-refractivity contribution < 1.29 is 13.2 Å². The van der Waals surface area contributed by atoms with Crippen LogP contribution in [0, 0.1) is 13.8 Å². The Morgan fingerprint density at radius 3 is 2.33 bits per heavy atom. The van der Waals surface area contributed by atoms with Gasteiger partial charge < -0.3 is 4.98 Å². The van der Waals surface area contributed by atoms with Crippen LogP contribution in [-0.2, 0) is 16.4 Å². The third-order valence-electron chi connectivity index (χ3n) is 5.03. The molecule has 1 fully saturated rings. The molecule has 0 aliphatic carbocycles. The average molecular weight is 390 g/mol. The molecule has 1 aliphatic heterocycles. The van der Waals surface area contributed by atoms with Crippen LogP contribution in [0.2, 0.25) is 0 Å². The van der Waals surface area contributed by atoms with Crippen molar-refractivity contribution in [3.8, 4) is 0 Å². The number of H-pyrrole nitrogens is 1. The normalized spacial score (nSPS) is 16.5. The van der Waals surface area contributed by atoms with Crippen LogP contribution >= 0.6 is 0 Å². The van der Waals surface area contributed by atoms with Gasteiger partial charge in [-0.15, -0.1) is 0 Å².